The Bertz CT molecular complexity index is 1570. The summed E-state index contributed by atoms with van der Waals surface area (Å²) in [7, 11) is 0. The fourth-order valence-electron chi connectivity index (χ4n) is 14.9. The minimum atomic E-state index is -1.88. The predicted octanol–water partition coefficient (Wildman–Crippen LogP) is -1.16. The second kappa shape index (κ2) is 18.0. The maximum Gasteiger partial charge on any atom is 0.187 e. The summed E-state index contributed by atoms with van der Waals surface area (Å²) in [5, 5.41) is 110. The van der Waals surface area contributed by atoms with Gasteiger partial charge in [0.15, 0.2) is 18.9 Å². The minimum absolute atomic E-state index is 0.146. The van der Waals surface area contributed by atoms with Crippen LogP contribution in [-0.2, 0) is 33.2 Å². The van der Waals surface area contributed by atoms with Crippen molar-refractivity contribution in [2.45, 2.75) is 202 Å². The molecule has 0 aromatic heterocycles. The Morgan fingerprint density at radius 1 is 0.571 bits per heavy atom. The van der Waals surface area contributed by atoms with E-state index in [2.05, 4.69) is 33.0 Å². The maximum atomic E-state index is 11.5. The van der Waals surface area contributed by atoms with E-state index in [4.69, 9.17) is 33.2 Å². The van der Waals surface area contributed by atoms with Crippen LogP contribution >= 0.6 is 0 Å². The van der Waals surface area contributed by atoms with Crippen LogP contribution in [0.15, 0.2) is 0 Å². The molecule has 4 aliphatic carbocycles. The van der Waals surface area contributed by atoms with Crippen LogP contribution in [0.4, 0.5) is 0 Å². The number of aliphatic hydroxyl groups excluding tert-OH is 10. The maximum absolute atomic E-state index is 11.5. The molecule has 18 nitrogen and oxygen atoms in total. The summed E-state index contributed by atoms with van der Waals surface area (Å²) >= 11 is 0. The van der Waals surface area contributed by atoms with E-state index in [9.17, 15) is 51.1 Å². The Morgan fingerprint density at radius 3 is 1.86 bits per heavy atom. The molecule has 0 amide bonds. The molecule has 4 saturated carbocycles. The quantitative estimate of drug-likeness (QED) is 0.122. The first-order valence-electron chi connectivity index (χ1n) is 23.9. The van der Waals surface area contributed by atoms with Gasteiger partial charge in [0.25, 0.3) is 0 Å². The first-order valence-corrected chi connectivity index (χ1v) is 23.9. The summed E-state index contributed by atoms with van der Waals surface area (Å²) in [4.78, 5) is 0. The third kappa shape index (κ3) is 7.88. The van der Waals surface area contributed by atoms with E-state index in [1.165, 1.54) is 25.7 Å². The number of piperidine rings is 1. The highest BCUT2D eigenvalue weighted by atomic mass is 16.8. The number of hydrogen-bond acceptors (Lipinski definition) is 18. The number of hydrogen-bond donors (Lipinski definition) is 11. The Labute approximate surface area is 369 Å². The van der Waals surface area contributed by atoms with E-state index in [0.717, 1.165) is 45.1 Å². The molecule has 9 aliphatic rings. The lowest BCUT2D eigenvalue weighted by Gasteiger charge is -2.61. The Morgan fingerprint density at radius 2 is 1.17 bits per heavy atom. The van der Waals surface area contributed by atoms with Crippen LogP contribution in [0, 0.1) is 52.3 Å². The molecule has 0 radical (unpaired) electrons. The van der Waals surface area contributed by atoms with Gasteiger partial charge >= 0.3 is 0 Å². The summed E-state index contributed by atoms with van der Waals surface area (Å²) in [6.45, 7) is 8.65. The topological polar surface area (TPSA) is 279 Å². The summed E-state index contributed by atoms with van der Waals surface area (Å²) in [5.74, 6) is 4.08. The molecule has 9 rings (SSSR count). The van der Waals surface area contributed by atoms with E-state index in [1.807, 2.05) is 0 Å². The summed E-state index contributed by atoms with van der Waals surface area (Å²) < 4.78 is 42.6. The van der Waals surface area contributed by atoms with E-state index in [0.29, 0.717) is 47.5 Å². The number of aliphatic hydroxyl groups is 10. The van der Waals surface area contributed by atoms with Crippen molar-refractivity contribution >= 4 is 0 Å². The first kappa shape index (κ1) is 47.4. The summed E-state index contributed by atoms with van der Waals surface area (Å²) in [6.07, 6.45) is -13.8. The average Bonchev–Trinajstić information content (AvgIpc) is 3.72. The van der Waals surface area contributed by atoms with E-state index in [1.54, 1.807) is 0 Å². The SMILES string of the molecule is C[C@H]1CC[C@@]2(NC1)O[C@H]1C[C@H]3[C@H]4CC[C@@H]5C[C@H](O[C@@H]6O[C@H](CO)[C@H](O[C@@H]7O[C@H](CO)[C@H](O)[C@H](O)[C@H]7O[C@@H]7O[C@@H](CO)[C@H](O)[C@@H](O)[C@@H]7O)[C@H](O)[C@H]6O)CC[C@@]5(C)[C@@H]4CC[C@@]3(C)[C@H]1[C@H]2C. The van der Waals surface area contributed by atoms with Crippen LogP contribution < -0.4 is 5.32 Å². The van der Waals surface area contributed by atoms with Crippen LogP contribution in [0.25, 0.3) is 0 Å². The average molecular weight is 902 g/mol. The minimum Gasteiger partial charge on any atom is -0.394 e. The molecular formula is C45H75NO17. The van der Waals surface area contributed by atoms with Gasteiger partial charge in [-0.2, -0.15) is 0 Å². The first-order chi connectivity index (χ1) is 30.0. The number of nitrogens with one attached hydrogen (secondary N) is 1. The Hall–Kier alpha value is -0.720. The highest BCUT2D eigenvalue weighted by Crippen LogP contribution is 2.71. The number of rotatable bonds is 9. The van der Waals surface area contributed by atoms with Crippen molar-refractivity contribution in [2.75, 3.05) is 26.4 Å². The van der Waals surface area contributed by atoms with Crippen LogP contribution in [-0.4, -0.2) is 187 Å². The van der Waals surface area contributed by atoms with Gasteiger partial charge in [-0.1, -0.05) is 27.7 Å². The van der Waals surface area contributed by atoms with Crippen molar-refractivity contribution in [1.29, 1.82) is 0 Å². The van der Waals surface area contributed by atoms with Gasteiger partial charge in [-0.3, -0.25) is 5.32 Å². The van der Waals surface area contributed by atoms with Crippen molar-refractivity contribution in [2.24, 2.45) is 52.3 Å². The second-order valence-corrected chi connectivity index (χ2v) is 21.7. The van der Waals surface area contributed by atoms with Crippen molar-refractivity contribution in [3.8, 4) is 0 Å². The zero-order valence-electron chi connectivity index (χ0n) is 37.1. The molecule has 0 aromatic rings. The molecular weight excluding hydrogens is 826 g/mol. The molecule has 5 saturated heterocycles. The van der Waals surface area contributed by atoms with Crippen molar-refractivity contribution in [3.63, 3.8) is 0 Å². The molecule has 0 bridgehead atoms. The Kier molecular flexibility index (Phi) is 13.5. The van der Waals surface area contributed by atoms with Crippen LogP contribution in [0.2, 0.25) is 0 Å². The zero-order chi connectivity index (χ0) is 44.9. The lowest BCUT2D eigenvalue weighted by atomic mass is 9.44. The number of fused-ring (bicyclic) bond motifs is 7. The van der Waals surface area contributed by atoms with Gasteiger partial charge < -0.3 is 84.2 Å². The van der Waals surface area contributed by atoms with E-state index < -0.39 is 112 Å². The van der Waals surface area contributed by atoms with Gasteiger partial charge in [0, 0.05) is 12.5 Å². The number of ether oxygens (including phenoxy) is 7. The Balaban J connectivity index is 0.833. The van der Waals surface area contributed by atoms with Crippen molar-refractivity contribution in [3.05, 3.63) is 0 Å². The molecule has 9 fully saturated rings. The standard InChI is InChI=1S/C45H75NO17/c1-19-7-12-45(46-15-19)20(2)30-26(63-45)14-25-23-6-5-21-13-22(8-10-43(21,3)24(23)9-11-44(25,30)4)57-40-37(56)35(54)38(29(18-49)60-40)61-42-39(34(53)32(51)28(17-48)59-42)62-41-36(55)33(52)31(50)27(16-47)58-41/h19-42,46-56H,5-18H2,1-4H3/t19-,20+,21+,22+,23-,24+,25-,26-,27-,28+,29+,30-,31-,32-,33+,34-,35+,36-,37+,38-,39+,40+,41-,42-,43+,44+,45+/m0/s1. The van der Waals surface area contributed by atoms with Crippen LogP contribution in [0.1, 0.15) is 91.9 Å². The molecule has 362 valence electrons. The molecule has 0 unspecified atom stereocenters. The molecule has 63 heavy (non-hydrogen) atoms. The summed E-state index contributed by atoms with van der Waals surface area (Å²) in [5.41, 5.74) is 0.241. The monoisotopic (exact) mass is 902 g/mol. The largest absolute Gasteiger partial charge is 0.394 e. The molecule has 1 spiro atoms. The van der Waals surface area contributed by atoms with Crippen LogP contribution in [0.5, 0.6) is 0 Å². The van der Waals surface area contributed by atoms with Gasteiger partial charge in [0.05, 0.1) is 32.0 Å². The lowest BCUT2D eigenvalue weighted by Crippen LogP contribution is -2.67. The van der Waals surface area contributed by atoms with Gasteiger partial charge in [-0.15, -0.1) is 0 Å². The molecule has 5 heterocycles. The zero-order valence-corrected chi connectivity index (χ0v) is 37.1. The van der Waals surface area contributed by atoms with Crippen LogP contribution in [0.3, 0.4) is 0 Å². The van der Waals surface area contributed by atoms with Gasteiger partial charge in [-0.25, -0.2) is 0 Å². The molecule has 11 N–H and O–H groups in total. The molecule has 18 heteroatoms. The van der Waals surface area contributed by atoms with E-state index >= 15 is 0 Å². The fourth-order valence-corrected chi connectivity index (χ4v) is 14.9. The smallest absolute Gasteiger partial charge is 0.187 e. The van der Waals surface area contributed by atoms with Gasteiger partial charge in [0.1, 0.15) is 79.0 Å². The molecule has 27 atom stereocenters. The predicted molar refractivity (Wildman–Crippen MR) is 218 cm³/mol. The normalized spacial score (nSPS) is 58.2. The lowest BCUT2D eigenvalue weighted by molar-refractivity contribution is -0.390. The van der Waals surface area contributed by atoms with Crippen molar-refractivity contribution < 1.29 is 84.2 Å². The fraction of sp³-hybridized carbons (Fsp3) is 1.00. The highest BCUT2D eigenvalue weighted by Gasteiger charge is 2.69. The molecule has 5 aliphatic heterocycles. The summed E-state index contributed by atoms with van der Waals surface area (Å²) in [6, 6.07) is 0. The van der Waals surface area contributed by atoms with Gasteiger partial charge in [0.2, 0.25) is 0 Å². The molecule has 0 aromatic carbocycles. The highest BCUT2D eigenvalue weighted by molar-refractivity contribution is 5.16. The third-order valence-corrected chi connectivity index (χ3v) is 18.5. The van der Waals surface area contributed by atoms with Gasteiger partial charge in [-0.05, 0) is 111 Å². The second-order valence-electron chi connectivity index (χ2n) is 21.7. The van der Waals surface area contributed by atoms with E-state index in [-0.39, 0.29) is 22.7 Å². The third-order valence-electron chi connectivity index (χ3n) is 18.5. The van der Waals surface area contributed by atoms with Crippen molar-refractivity contribution in [1.82, 2.24) is 5.32 Å².